The third-order valence-electron chi connectivity index (χ3n) is 2.72. The Morgan fingerprint density at radius 3 is 2.22 bits per heavy atom. The standard InChI is InChI=1S/C15H15F2N/c1-10-5-11(2)7-14(6-10)18-9-12-3-4-13(16)8-15(12)17/h3-8,18H,9H2,1-2H3. The number of hydrogen-bond acceptors (Lipinski definition) is 1. The molecule has 2 aromatic carbocycles. The van der Waals surface area contributed by atoms with E-state index in [-0.39, 0.29) is 0 Å². The minimum atomic E-state index is -0.553. The van der Waals surface area contributed by atoms with E-state index in [0.29, 0.717) is 12.1 Å². The molecule has 0 bridgehead atoms. The van der Waals surface area contributed by atoms with Crippen molar-refractivity contribution in [2.75, 3.05) is 5.32 Å². The minimum Gasteiger partial charge on any atom is -0.381 e. The van der Waals surface area contributed by atoms with Crippen LogP contribution in [0.3, 0.4) is 0 Å². The third kappa shape index (κ3) is 3.06. The smallest absolute Gasteiger partial charge is 0.131 e. The molecule has 0 aliphatic rings. The number of anilines is 1. The van der Waals surface area contributed by atoms with Crippen LogP contribution < -0.4 is 5.32 Å². The molecule has 1 nitrogen and oxygen atoms in total. The molecule has 18 heavy (non-hydrogen) atoms. The summed E-state index contributed by atoms with van der Waals surface area (Å²) in [5, 5.41) is 3.14. The number of hydrogen-bond donors (Lipinski definition) is 1. The van der Waals surface area contributed by atoms with Gasteiger partial charge in [0, 0.05) is 23.9 Å². The van der Waals surface area contributed by atoms with Crippen LogP contribution in [-0.4, -0.2) is 0 Å². The molecule has 0 aliphatic carbocycles. The van der Waals surface area contributed by atoms with Crippen molar-refractivity contribution in [2.45, 2.75) is 20.4 Å². The molecule has 0 heterocycles. The minimum absolute atomic E-state index is 0.342. The zero-order valence-corrected chi connectivity index (χ0v) is 10.4. The van der Waals surface area contributed by atoms with E-state index in [1.165, 1.54) is 12.1 Å². The molecule has 0 aliphatic heterocycles. The van der Waals surface area contributed by atoms with Gasteiger partial charge in [-0.1, -0.05) is 12.1 Å². The summed E-state index contributed by atoms with van der Waals surface area (Å²) in [6.07, 6.45) is 0. The summed E-state index contributed by atoms with van der Waals surface area (Å²) < 4.78 is 26.2. The van der Waals surface area contributed by atoms with Crippen LogP contribution in [0.5, 0.6) is 0 Å². The molecule has 2 aromatic rings. The highest BCUT2D eigenvalue weighted by molar-refractivity contribution is 5.48. The van der Waals surface area contributed by atoms with Crippen molar-refractivity contribution in [1.82, 2.24) is 0 Å². The van der Waals surface area contributed by atoms with Gasteiger partial charge in [-0.3, -0.25) is 0 Å². The molecule has 0 amide bonds. The molecule has 0 saturated carbocycles. The summed E-state index contributed by atoms with van der Waals surface area (Å²) >= 11 is 0. The second kappa shape index (κ2) is 5.17. The normalized spacial score (nSPS) is 10.4. The van der Waals surface area contributed by atoms with Gasteiger partial charge in [0.25, 0.3) is 0 Å². The van der Waals surface area contributed by atoms with E-state index >= 15 is 0 Å². The van der Waals surface area contributed by atoms with Gasteiger partial charge in [0.2, 0.25) is 0 Å². The average molecular weight is 247 g/mol. The van der Waals surface area contributed by atoms with Crippen LogP contribution in [0.2, 0.25) is 0 Å². The molecular weight excluding hydrogens is 232 g/mol. The van der Waals surface area contributed by atoms with Crippen LogP contribution in [0, 0.1) is 25.5 Å². The highest BCUT2D eigenvalue weighted by atomic mass is 19.1. The summed E-state index contributed by atoms with van der Waals surface area (Å²) in [6.45, 7) is 4.36. The van der Waals surface area contributed by atoms with E-state index in [1.807, 2.05) is 26.0 Å². The first-order valence-corrected chi connectivity index (χ1v) is 5.81. The lowest BCUT2D eigenvalue weighted by atomic mass is 10.1. The van der Waals surface area contributed by atoms with Crippen LogP contribution in [0.4, 0.5) is 14.5 Å². The number of nitrogens with one attached hydrogen (secondary N) is 1. The van der Waals surface area contributed by atoms with E-state index in [2.05, 4.69) is 11.4 Å². The highest BCUT2D eigenvalue weighted by Gasteiger charge is 2.03. The van der Waals surface area contributed by atoms with Crippen LogP contribution in [0.25, 0.3) is 0 Å². The Balaban J connectivity index is 2.11. The topological polar surface area (TPSA) is 12.0 Å². The van der Waals surface area contributed by atoms with Gasteiger partial charge >= 0.3 is 0 Å². The van der Waals surface area contributed by atoms with Crippen molar-refractivity contribution in [3.63, 3.8) is 0 Å². The second-order valence-corrected chi connectivity index (χ2v) is 4.47. The van der Waals surface area contributed by atoms with Gasteiger partial charge in [0.15, 0.2) is 0 Å². The maximum Gasteiger partial charge on any atom is 0.131 e. The fourth-order valence-electron chi connectivity index (χ4n) is 1.94. The summed E-state index contributed by atoms with van der Waals surface area (Å²) in [5.41, 5.74) is 3.70. The molecule has 1 N–H and O–H groups in total. The first kappa shape index (κ1) is 12.6. The molecule has 0 spiro atoms. The van der Waals surface area contributed by atoms with Gasteiger partial charge in [0.05, 0.1) is 0 Å². The number of benzene rings is 2. The second-order valence-electron chi connectivity index (χ2n) is 4.47. The van der Waals surface area contributed by atoms with Crippen molar-refractivity contribution < 1.29 is 8.78 Å². The Bertz CT molecular complexity index is 544. The zero-order valence-electron chi connectivity index (χ0n) is 10.4. The monoisotopic (exact) mass is 247 g/mol. The summed E-state index contributed by atoms with van der Waals surface area (Å²) in [6, 6.07) is 9.69. The molecule has 0 atom stereocenters. The van der Waals surface area contributed by atoms with Crippen LogP contribution in [0.1, 0.15) is 16.7 Å². The molecule has 2 rings (SSSR count). The van der Waals surface area contributed by atoms with Crippen molar-refractivity contribution in [3.8, 4) is 0 Å². The Morgan fingerprint density at radius 1 is 0.944 bits per heavy atom. The summed E-state index contributed by atoms with van der Waals surface area (Å²) in [4.78, 5) is 0. The number of rotatable bonds is 3. The Hall–Kier alpha value is -1.90. The molecule has 0 radical (unpaired) electrons. The molecule has 94 valence electrons. The Morgan fingerprint density at radius 2 is 1.61 bits per heavy atom. The molecule has 3 heteroatoms. The summed E-state index contributed by atoms with van der Waals surface area (Å²) in [5.74, 6) is -1.07. The van der Waals surface area contributed by atoms with Gasteiger partial charge < -0.3 is 5.32 Å². The van der Waals surface area contributed by atoms with Gasteiger partial charge in [-0.25, -0.2) is 8.78 Å². The first-order valence-electron chi connectivity index (χ1n) is 5.81. The fraction of sp³-hybridized carbons (Fsp3) is 0.200. The lowest BCUT2D eigenvalue weighted by Gasteiger charge is -2.09. The Labute approximate surface area is 105 Å². The van der Waals surface area contributed by atoms with E-state index in [1.54, 1.807) is 0 Å². The molecule has 0 aromatic heterocycles. The van der Waals surface area contributed by atoms with Gasteiger partial charge in [0.1, 0.15) is 11.6 Å². The van der Waals surface area contributed by atoms with Crippen LogP contribution in [-0.2, 0) is 6.54 Å². The van der Waals surface area contributed by atoms with Gasteiger partial charge in [-0.15, -0.1) is 0 Å². The van der Waals surface area contributed by atoms with Crippen LogP contribution in [0.15, 0.2) is 36.4 Å². The largest absolute Gasteiger partial charge is 0.381 e. The van der Waals surface area contributed by atoms with E-state index in [4.69, 9.17) is 0 Å². The highest BCUT2D eigenvalue weighted by Crippen LogP contribution is 2.16. The van der Waals surface area contributed by atoms with Crippen molar-refractivity contribution in [3.05, 3.63) is 64.7 Å². The summed E-state index contributed by atoms with van der Waals surface area (Å²) in [7, 11) is 0. The predicted octanol–water partition coefficient (Wildman–Crippen LogP) is 4.19. The van der Waals surface area contributed by atoms with Crippen LogP contribution >= 0.6 is 0 Å². The van der Waals surface area contributed by atoms with Gasteiger partial charge in [-0.2, -0.15) is 0 Å². The van der Waals surface area contributed by atoms with Crippen molar-refractivity contribution in [2.24, 2.45) is 0 Å². The average Bonchev–Trinajstić information content (AvgIpc) is 2.26. The van der Waals surface area contributed by atoms with E-state index in [0.717, 1.165) is 22.9 Å². The van der Waals surface area contributed by atoms with E-state index < -0.39 is 11.6 Å². The lowest BCUT2D eigenvalue weighted by molar-refractivity contribution is 0.574. The first-order chi connectivity index (χ1) is 8.54. The third-order valence-corrected chi connectivity index (χ3v) is 2.72. The fourth-order valence-corrected chi connectivity index (χ4v) is 1.94. The lowest BCUT2D eigenvalue weighted by Crippen LogP contribution is -2.02. The predicted molar refractivity (Wildman–Crippen MR) is 69.6 cm³/mol. The van der Waals surface area contributed by atoms with Crippen molar-refractivity contribution >= 4 is 5.69 Å². The number of aryl methyl sites for hydroxylation is 2. The van der Waals surface area contributed by atoms with Gasteiger partial charge in [-0.05, 0) is 43.2 Å². The molecule has 0 saturated heterocycles. The molecular formula is C15H15F2N. The molecule has 0 fully saturated rings. The Kier molecular flexibility index (Phi) is 3.60. The SMILES string of the molecule is Cc1cc(C)cc(NCc2ccc(F)cc2F)c1. The zero-order chi connectivity index (χ0) is 13.1. The molecule has 0 unspecified atom stereocenters. The quantitative estimate of drug-likeness (QED) is 0.857. The maximum absolute atomic E-state index is 13.4. The maximum atomic E-state index is 13.4. The van der Waals surface area contributed by atoms with Crippen molar-refractivity contribution in [1.29, 1.82) is 0 Å². The van der Waals surface area contributed by atoms with E-state index in [9.17, 15) is 8.78 Å². The number of halogens is 2.